The maximum atomic E-state index is 13.0. The van der Waals surface area contributed by atoms with Gasteiger partial charge in [0.1, 0.15) is 5.82 Å². The Hall–Kier alpha value is -0.450. The second-order valence-corrected chi connectivity index (χ2v) is 4.66. The maximum absolute atomic E-state index is 13.0. The summed E-state index contributed by atoms with van der Waals surface area (Å²) in [5, 5.41) is 12.9. The van der Waals surface area contributed by atoms with Crippen LogP contribution < -0.4 is 5.32 Å². The fourth-order valence-electron chi connectivity index (χ4n) is 1.46. The Morgan fingerprint density at radius 2 is 2.25 bits per heavy atom. The van der Waals surface area contributed by atoms with E-state index in [1.807, 2.05) is 0 Å². The molecule has 0 fully saturated rings. The molecular weight excluding hydrogens is 273 g/mol. The first-order chi connectivity index (χ1) is 7.63. The van der Waals surface area contributed by atoms with Crippen molar-refractivity contribution in [1.29, 1.82) is 0 Å². The zero-order valence-corrected chi connectivity index (χ0v) is 10.9. The van der Waals surface area contributed by atoms with Crippen molar-refractivity contribution in [1.82, 2.24) is 5.32 Å². The molecule has 16 heavy (non-hydrogen) atoms. The Bertz CT molecular complexity index is 333. The van der Waals surface area contributed by atoms with Crippen LogP contribution in [0.25, 0.3) is 0 Å². The molecule has 1 unspecified atom stereocenters. The van der Waals surface area contributed by atoms with Gasteiger partial charge in [0.05, 0.1) is 10.6 Å². The molecule has 1 atom stereocenters. The fraction of sp³-hybridized carbons (Fsp3) is 0.500. The van der Waals surface area contributed by atoms with E-state index in [0.29, 0.717) is 17.4 Å². The molecule has 1 aromatic rings. The molecule has 0 bridgehead atoms. The van der Waals surface area contributed by atoms with Crippen molar-refractivity contribution >= 4 is 15.9 Å². The van der Waals surface area contributed by atoms with E-state index in [4.69, 9.17) is 0 Å². The van der Waals surface area contributed by atoms with Gasteiger partial charge in [0.25, 0.3) is 0 Å². The Labute approximate surface area is 104 Å². The standard InChI is InChI=1S/C12H17BrFNO/c1-2-5-15-8-10(16)6-9-3-4-12(14)11(13)7-9/h3-4,7,10,15-16H,2,5-6,8H2,1H3. The van der Waals surface area contributed by atoms with Gasteiger partial charge in [-0.25, -0.2) is 4.39 Å². The lowest BCUT2D eigenvalue weighted by molar-refractivity contribution is 0.172. The van der Waals surface area contributed by atoms with E-state index in [0.717, 1.165) is 18.5 Å². The molecular formula is C12H17BrFNO. The Morgan fingerprint density at radius 1 is 1.50 bits per heavy atom. The minimum atomic E-state index is -0.427. The highest BCUT2D eigenvalue weighted by atomic mass is 79.9. The number of halogens is 2. The highest BCUT2D eigenvalue weighted by Gasteiger charge is 2.06. The van der Waals surface area contributed by atoms with Crippen LogP contribution >= 0.6 is 15.9 Å². The second kappa shape index (κ2) is 6.99. The Balaban J connectivity index is 2.43. The molecule has 0 radical (unpaired) electrons. The zero-order chi connectivity index (χ0) is 12.0. The Kier molecular flexibility index (Phi) is 5.95. The molecule has 0 aromatic heterocycles. The highest BCUT2D eigenvalue weighted by Crippen LogP contribution is 2.17. The Morgan fingerprint density at radius 3 is 2.88 bits per heavy atom. The molecule has 0 aliphatic rings. The van der Waals surface area contributed by atoms with E-state index in [2.05, 4.69) is 28.2 Å². The second-order valence-electron chi connectivity index (χ2n) is 3.81. The summed E-state index contributed by atoms with van der Waals surface area (Å²) in [5.74, 6) is -0.276. The third-order valence-electron chi connectivity index (χ3n) is 2.26. The van der Waals surface area contributed by atoms with Gasteiger partial charge in [0, 0.05) is 6.54 Å². The largest absolute Gasteiger partial charge is 0.391 e. The van der Waals surface area contributed by atoms with Crippen LogP contribution in [0.5, 0.6) is 0 Å². The van der Waals surface area contributed by atoms with Gasteiger partial charge in [-0.3, -0.25) is 0 Å². The molecule has 0 amide bonds. The van der Waals surface area contributed by atoms with Gasteiger partial charge in [-0.05, 0) is 53.0 Å². The van der Waals surface area contributed by atoms with Crippen LogP contribution in [-0.2, 0) is 6.42 Å². The summed E-state index contributed by atoms with van der Waals surface area (Å²) in [7, 11) is 0. The SMILES string of the molecule is CCCNCC(O)Cc1ccc(F)c(Br)c1. The van der Waals surface area contributed by atoms with Crippen LogP contribution in [0, 0.1) is 5.82 Å². The van der Waals surface area contributed by atoms with Gasteiger partial charge in [-0.1, -0.05) is 13.0 Å². The molecule has 90 valence electrons. The van der Waals surface area contributed by atoms with E-state index in [1.54, 1.807) is 12.1 Å². The minimum Gasteiger partial charge on any atom is -0.391 e. The summed E-state index contributed by atoms with van der Waals surface area (Å²) in [6.07, 6.45) is 1.16. The number of rotatable bonds is 6. The predicted octanol–water partition coefficient (Wildman–Crippen LogP) is 2.49. The van der Waals surface area contributed by atoms with Crippen LogP contribution in [0.15, 0.2) is 22.7 Å². The zero-order valence-electron chi connectivity index (χ0n) is 9.34. The van der Waals surface area contributed by atoms with E-state index >= 15 is 0 Å². The third kappa shape index (κ3) is 4.60. The van der Waals surface area contributed by atoms with Crippen LogP contribution in [0.1, 0.15) is 18.9 Å². The first-order valence-electron chi connectivity index (χ1n) is 5.46. The minimum absolute atomic E-state index is 0.276. The quantitative estimate of drug-likeness (QED) is 0.789. The van der Waals surface area contributed by atoms with Gasteiger partial charge >= 0.3 is 0 Å². The number of benzene rings is 1. The fourth-order valence-corrected chi connectivity index (χ4v) is 1.88. The number of nitrogens with one attached hydrogen (secondary N) is 1. The lowest BCUT2D eigenvalue weighted by Crippen LogP contribution is -2.28. The van der Waals surface area contributed by atoms with E-state index in [-0.39, 0.29) is 5.82 Å². The molecule has 1 rings (SSSR count). The normalized spacial score (nSPS) is 12.8. The summed E-state index contributed by atoms with van der Waals surface area (Å²) in [6.45, 7) is 3.56. The third-order valence-corrected chi connectivity index (χ3v) is 2.87. The molecule has 2 N–H and O–H groups in total. The summed E-state index contributed by atoms with van der Waals surface area (Å²) in [4.78, 5) is 0. The van der Waals surface area contributed by atoms with Crippen molar-refractivity contribution in [2.45, 2.75) is 25.9 Å². The lowest BCUT2D eigenvalue weighted by Gasteiger charge is -2.11. The first kappa shape index (κ1) is 13.6. The van der Waals surface area contributed by atoms with Crippen molar-refractivity contribution in [2.75, 3.05) is 13.1 Å². The van der Waals surface area contributed by atoms with Crippen molar-refractivity contribution in [3.63, 3.8) is 0 Å². The van der Waals surface area contributed by atoms with Gasteiger partial charge in [-0.15, -0.1) is 0 Å². The van der Waals surface area contributed by atoms with E-state index in [1.165, 1.54) is 6.07 Å². The van der Waals surface area contributed by atoms with Gasteiger partial charge < -0.3 is 10.4 Å². The molecule has 2 nitrogen and oxygen atoms in total. The molecule has 0 aliphatic carbocycles. The number of hydrogen-bond donors (Lipinski definition) is 2. The van der Waals surface area contributed by atoms with Crippen molar-refractivity contribution in [2.24, 2.45) is 0 Å². The van der Waals surface area contributed by atoms with Gasteiger partial charge in [-0.2, -0.15) is 0 Å². The average Bonchev–Trinajstić information content (AvgIpc) is 2.24. The monoisotopic (exact) mass is 289 g/mol. The molecule has 4 heteroatoms. The highest BCUT2D eigenvalue weighted by molar-refractivity contribution is 9.10. The molecule has 0 heterocycles. The van der Waals surface area contributed by atoms with Crippen molar-refractivity contribution < 1.29 is 9.50 Å². The van der Waals surface area contributed by atoms with Gasteiger partial charge in [0.2, 0.25) is 0 Å². The summed E-state index contributed by atoms with van der Waals surface area (Å²) in [6, 6.07) is 4.81. The lowest BCUT2D eigenvalue weighted by atomic mass is 10.1. The van der Waals surface area contributed by atoms with Gasteiger partial charge in [0.15, 0.2) is 0 Å². The smallest absolute Gasteiger partial charge is 0.137 e. The van der Waals surface area contributed by atoms with Crippen LogP contribution in [0.3, 0.4) is 0 Å². The molecule has 0 saturated heterocycles. The number of aliphatic hydroxyl groups is 1. The van der Waals surface area contributed by atoms with Crippen LogP contribution in [0.4, 0.5) is 4.39 Å². The molecule has 0 spiro atoms. The van der Waals surface area contributed by atoms with E-state index < -0.39 is 6.10 Å². The maximum Gasteiger partial charge on any atom is 0.137 e. The number of aliphatic hydroxyl groups excluding tert-OH is 1. The summed E-state index contributed by atoms with van der Waals surface area (Å²) in [5.41, 5.74) is 0.930. The summed E-state index contributed by atoms with van der Waals surface area (Å²) < 4.78 is 13.4. The average molecular weight is 290 g/mol. The molecule has 0 aliphatic heterocycles. The van der Waals surface area contributed by atoms with E-state index in [9.17, 15) is 9.50 Å². The molecule has 0 saturated carbocycles. The number of hydrogen-bond acceptors (Lipinski definition) is 2. The topological polar surface area (TPSA) is 32.3 Å². The first-order valence-corrected chi connectivity index (χ1v) is 6.25. The van der Waals surface area contributed by atoms with Crippen LogP contribution in [-0.4, -0.2) is 24.3 Å². The predicted molar refractivity (Wildman–Crippen MR) is 67.0 cm³/mol. The van der Waals surface area contributed by atoms with Crippen LogP contribution in [0.2, 0.25) is 0 Å². The molecule has 1 aromatic carbocycles. The summed E-state index contributed by atoms with van der Waals surface area (Å²) >= 11 is 3.13. The van der Waals surface area contributed by atoms with Crippen molar-refractivity contribution in [3.05, 3.63) is 34.1 Å². The van der Waals surface area contributed by atoms with Crippen molar-refractivity contribution in [3.8, 4) is 0 Å².